The van der Waals surface area contributed by atoms with Crippen molar-refractivity contribution in [3.05, 3.63) is 59.7 Å². The summed E-state index contributed by atoms with van der Waals surface area (Å²) in [4.78, 5) is 12.0. The zero-order valence-electron chi connectivity index (χ0n) is 13.5. The minimum Gasteiger partial charge on any atom is -0.497 e. The average molecular weight is 311 g/mol. The first-order valence-corrected chi connectivity index (χ1v) is 7.38. The number of nitrogens with one attached hydrogen (secondary N) is 2. The number of carbonyl (C=O) groups excluding carboxylic acids is 1. The molecule has 5 nitrogen and oxygen atoms in total. The number of aryl methyl sites for hydroxylation is 1. The van der Waals surface area contributed by atoms with Crippen molar-refractivity contribution in [2.75, 3.05) is 12.4 Å². The van der Waals surface area contributed by atoms with Gasteiger partial charge in [-0.2, -0.15) is 5.10 Å². The molecule has 0 radical (unpaired) electrons. The topological polar surface area (TPSA) is 62.7 Å². The van der Waals surface area contributed by atoms with Crippen LogP contribution in [0, 0.1) is 6.92 Å². The Morgan fingerprint density at radius 3 is 2.39 bits per heavy atom. The summed E-state index contributed by atoms with van der Waals surface area (Å²) >= 11 is 0. The predicted octanol–water partition coefficient (Wildman–Crippen LogP) is 2.95. The number of ether oxygens (including phenoxy) is 1. The Bertz CT molecular complexity index is 664. The first kappa shape index (κ1) is 16.5. The number of rotatable bonds is 6. The third-order valence-corrected chi connectivity index (χ3v) is 3.33. The van der Waals surface area contributed by atoms with Gasteiger partial charge in [-0.05, 0) is 55.8 Å². The summed E-state index contributed by atoms with van der Waals surface area (Å²) in [6.07, 6.45) is 1.59. The molecule has 2 aromatic rings. The van der Waals surface area contributed by atoms with E-state index < -0.39 is 0 Å². The van der Waals surface area contributed by atoms with Crippen LogP contribution < -0.4 is 15.5 Å². The largest absolute Gasteiger partial charge is 0.497 e. The standard InChI is InChI=1S/C18H21N3O2/c1-13-4-8-16(9-5-13)20-14(2)18(22)21-19-12-15-6-10-17(23-3)11-7-15/h4-12,14,20H,1-3H3,(H,21,22). The lowest BCUT2D eigenvalue weighted by Crippen LogP contribution is -2.34. The van der Waals surface area contributed by atoms with Gasteiger partial charge in [-0.3, -0.25) is 4.79 Å². The third-order valence-electron chi connectivity index (χ3n) is 3.33. The van der Waals surface area contributed by atoms with Crippen molar-refractivity contribution >= 4 is 17.8 Å². The smallest absolute Gasteiger partial charge is 0.262 e. The zero-order chi connectivity index (χ0) is 16.7. The van der Waals surface area contributed by atoms with Gasteiger partial charge < -0.3 is 10.1 Å². The summed E-state index contributed by atoms with van der Waals surface area (Å²) in [7, 11) is 1.62. The van der Waals surface area contributed by atoms with E-state index in [2.05, 4.69) is 15.8 Å². The van der Waals surface area contributed by atoms with Crippen LogP contribution in [-0.2, 0) is 4.79 Å². The summed E-state index contributed by atoms with van der Waals surface area (Å²) in [5.74, 6) is 0.581. The second-order valence-electron chi connectivity index (χ2n) is 5.24. The van der Waals surface area contributed by atoms with E-state index in [9.17, 15) is 4.79 Å². The maximum Gasteiger partial charge on any atom is 0.262 e. The summed E-state index contributed by atoms with van der Waals surface area (Å²) in [5, 5.41) is 7.10. The van der Waals surface area contributed by atoms with Gasteiger partial charge >= 0.3 is 0 Å². The summed E-state index contributed by atoms with van der Waals surface area (Å²) in [6.45, 7) is 3.81. The second-order valence-corrected chi connectivity index (χ2v) is 5.24. The van der Waals surface area contributed by atoms with Crippen molar-refractivity contribution in [1.82, 2.24) is 5.43 Å². The molecule has 0 saturated heterocycles. The van der Waals surface area contributed by atoms with Gasteiger partial charge in [-0.25, -0.2) is 5.43 Å². The number of amides is 1. The normalized spacial score (nSPS) is 12.0. The number of methoxy groups -OCH3 is 1. The van der Waals surface area contributed by atoms with Crippen LogP contribution in [0.2, 0.25) is 0 Å². The van der Waals surface area contributed by atoms with Crippen LogP contribution in [0.4, 0.5) is 5.69 Å². The van der Waals surface area contributed by atoms with Gasteiger partial charge in [0, 0.05) is 5.69 Å². The van der Waals surface area contributed by atoms with Crippen LogP contribution >= 0.6 is 0 Å². The number of hydrogen-bond acceptors (Lipinski definition) is 4. The Morgan fingerprint density at radius 1 is 1.13 bits per heavy atom. The van der Waals surface area contributed by atoms with Crippen molar-refractivity contribution in [2.24, 2.45) is 5.10 Å². The molecule has 1 amide bonds. The molecular formula is C18H21N3O2. The second kappa shape index (κ2) is 7.98. The van der Waals surface area contributed by atoms with E-state index in [0.29, 0.717) is 0 Å². The van der Waals surface area contributed by atoms with E-state index in [1.807, 2.05) is 55.5 Å². The van der Waals surface area contributed by atoms with Crippen LogP contribution in [-0.4, -0.2) is 25.3 Å². The highest BCUT2D eigenvalue weighted by atomic mass is 16.5. The molecule has 0 saturated carbocycles. The van der Waals surface area contributed by atoms with Crippen molar-refractivity contribution in [3.63, 3.8) is 0 Å². The minimum absolute atomic E-state index is 0.199. The monoisotopic (exact) mass is 311 g/mol. The maximum atomic E-state index is 12.0. The molecule has 1 atom stereocenters. The van der Waals surface area contributed by atoms with Crippen LogP contribution in [0.5, 0.6) is 5.75 Å². The average Bonchev–Trinajstić information content (AvgIpc) is 2.57. The summed E-state index contributed by atoms with van der Waals surface area (Å²) in [6, 6.07) is 14.9. The van der Waals surface area contributed by atoms with Crippen LogP contribution in [0.1, 0.15) is 18.1 Å². The Balaban J connectivity index is 1.85. The number of anilines is 1. The molecule has 2 N–H and O–H groups in total. The zero-order valence-corrected chi connectivity index (χ0v) is 13.5. The van der Waals surface area contributed by atoms with Crippen LogP contribution in [0.15, 0.2) is 53.6 Å². The quantitative estimate of drug-likeness (QED) is 0.637. The van der Waals surface area contributed by atoms with Gasteiger partial charge in [0.1, 0.15) is 11.8 Å². The molecule has 0 aliphatic rings. The molecule has 2 rings (SSSR count). The molecule has 120 valence electrons. The molecule has 0 aromatic heterocycles. The maximum absolute atomic E-state index is 12.0. The molecule has 0 aliphatic heterocycles. The van der Waals surface area contributed by atoms with E-state index in [1.54, 1.807) is 20.2 Å². The summed E-state index contributed by atoms with van der Waals surface area (Å²) in [5.41, 5.74) is 5.49. The van der Waals surface area contributed by atoms with Crippen molar-refractivity contribution in [2.45, 2.75) is 19.9 Å². The molecule has 0 heterocycles. The van der Waals surface area contributed by atoms with Crippen molar-refractivity contribution < 1.29 is 9.53 Å². The van der Waals surface area contributed by atoms with E-state index in [0.717, 1.165) is 17.0 Å². The highest BCUT2D eigenvalue weighted by Crippen LogP contribution is 2.10. The van der Waals surface area contributed by atoms with Gasteiger partial charge in [0.15, 0.2) is 0 Å². The molecule has 1 unspecified atom stereocenters. The molecule has 2 aromatic carbocycles. The Morgan fingerprint density at radius 2 is 1.78 bits per heavy atom. The molecule has 0 aliphatic carbocycles. The highest BCUT2D eigenvalue weighted by Gasteiger charge is 2.11. The molecular weight excluding hydrogens is 290 g/mol. The van der Waals surface area contributed by atoms with Gasteiger partial charge in [0.05, 0.1) is 13.3 Å². The predicted molar refractivity (Wildman–Crippen MR) is 93.0 cm³/mol. The molecule has 0 bridgehead atoms. The fraction of sp³-hybridized carbons (Fsp3) is 0.222. The SMILES string of the molecule is COc1ccc(C=NNC(=O)C(C)Nc2ccc(C)cc2)cc1. The third kappa shape index (κ3) is 5.14. The fourth-order valence-electron chi connectivity index (χ4n) is 1.92. The number of benzene rings is 2. The van der Waals surface area contributed by atoms with Crippen LogP contribution in [0.3, 0.4) is 0 Å². The Kier molecular flexibility index (Phi) is 5.74. The van der Waals surface area contributed by atoms with E-state index >= 15 is 0 Å². The van der Waals surface area contributed by atoms with Gasteiger partial charge in [0.25, 0.3) is 5.91 Å². The molecule has 0 fully saturated rings. The first-order valence-electron chi connectivity index (χ1n) is 7.38. The molecule has 5 heteroatoms. The lowest BCUT2D eigenvalue weighted by Gasteiger charge is -2.13. The lowest BCUT2D eigenvalue weighted by atomic mass is 10.2. The first-order chi connectivity index (χ1) is 11.1. The fourth-order valence-corrected chi connectivity index (χ4v) is 1.92. The number of hydrogen-bond donors (Lipinski definition) is 2. The lowest BCUT2D eigenvalue weighted by molar-refractivity contribution is -0.121. The number of nitrogens with zero attached hydrogens (tertiary/aromatic N) is 1. The van der Waals surface area contributed by atoms with E-state index in [-0.39, 0.29) is 11.9 Å². The minimum atomic E-state index is -0.384. The Hall–Kier alpha value is -2.82. The molecule has 0 spiro atoms. The van der Waals surface area contributed by atoms with Crippen molar-refractivity contribution in [3.8, 4) is 5.75 Å². The molecule has 23 heavy (non-hydrogen) atoms. The van der Waals surface area contributed by atoms with Crippen molar-refractivity contribution in [1.29, 1.82) is 0 Å². The highest BCUT2D eigenvalue weighted by molar-refractivity contribution is 5.86. The van der Waals surface area contributed by atoms with E-state index in [4.69, 9.17) is 4.74 Å². The number of hydrazone groups is 1. The van der Waals surface area contributed by atoms with Gasteiger partial charge in [-0.1, -0.05) is 17.7 Å². The summed E-state index contributed by atoms with van der Waals surface area (Å²) < 4.78 is 5.08. The van der Waals surface area contributed by atoms with E-state index in [1.165, 1.54) is 5.56 Å². The Labute approximate surface area is 136 Å². The number of carbonyl (C=O) groups is 1. The van der Waals surface area contributed by atoms with Gasteiger partial charge in [0.2, 0.25) is 0 Å². The van der Waals surface area contributed by atoms with Gasteiger partial charge in [-0.15, -0.1) is 0 Å². The van der Waals surface area contributed by atoms with Crippen LogP contribution in [0.25, 0.3) is 0 Å².